The average Bonchev–Trinajstić information content (AvgIpc) is 2.99. The Balaban J connectivity index is 1.40. The first-order valence-electron chi connectivity index (χ1n) is 11.3. The molecule has 2 aliphatic heterocycles. The van der Waals surface area contributed by atoms with Crippen LogP contribution in [-0.4, -0.2) is 33.2 Å². The van der Waals surface area contributed by atoms with E-state index >= 15 is 0 Å². The van der Waals surface area contributed by atoms with Gasteiger partial charge in [-0.15, -0.1) is 4.83 Å². The largest absolute Gasteiger partial charge is 0.493 e. The smallest absolute Gasteiger partial charge is 0.257 e. The number of rotatable bonds is 5. The molecule has 2 aliphatic carbocycles. The maximum Gasteiger partial charge on any atom is 0.257 e. The predicted molar refractivity (Wildman–Crippen MR) is 121 cm³/mol. The zero-order chi connectivity index (χ0) is 22.5. The highest BCUT2D eigenvalue weighted by Gasteiger charge is 2.55. The number of hydroxylamine groups is 2. The van der Waals surface area contributed by atoms with E-state index in [2.05, 4.69) is 29.3 Å². The molecular formula is C24H31N3O4S. The zero-order valence-corrected chi connectivity index (χ0v) is 19.6. The van der Waals surface area contributed by atoms with Crippen molar-refractivity contribution in [3.8, 4) is 0 Å². The Labute approximate surface area is 190 Å². The molecule has 2 N–H and O–H groups in total. The zero-order valence-electron chi connectivity index (χ0n) is 18.8. The maximum atomic E-state index is 12.7. The van der Waals surface area contributed by atoms with Crippen molar-refractivity contribution in [2.75, 3.05) is 13.7 Å². The van der Waals surface area contributed by atoms with Gasteiger partial charge in [-0.25, -0.2) is 8.42 Å². The van der Waals surface area contributed by atoms with Crippen LogP contribution in [0.4, 0.5) is 0 Å². The molecule has 32 heavy (non-hydrogen) atoms. The first-order valence-corrected chi connectivity index (χ1v) is 12.7. The van der Waals surface area contributed by atoms with Crippen LogP contribution < -0.4 is 10.3 Å². The van der Waals surface area contributed by atoms with Crippen molar-refractivity contribution in [2.24, 2.45) is 17.3 Å². The number of nitrogens with zero attached hydrogens (tertiary/aromatic N) is 1. The minimum atomic E-state index is -3.68. The maximum absolute atomic E-state index is 12.7. The van der Waals surface area contributed by atoms with Crippen molar-refractivity contribution in [2.45, 2.75) is 50.5 Å². The van der Waals surface area contributed by atoms with Crippen LogP contribution in [0.3, 0.4) is 0 Å². The molecule has 0 aromatic heterocycles. The Hall–Kier alpha value is -2.29. The number of nitrogens with one attached hydrogen (secondary N) is 2. The van der Waals surface area contributed by atoms with Crippen molar-refractivity contribution in [1.82, 2.24) is 15.3 Å². The molecule has 172 valence electrons. The molecular weight excluding hydrogens is 426 g/mol. The van der Waals surface area contributed by atoms with Gasteiger partial charge in [0.1, 0.15) is 11.9 Å². The SMILES string of the molecule is CON1C=CC23CC(C)CCC2OC2=C3C(C=C(NNS(=O)(=O)c3ccc(C)cc3)C2)C1. The molecule has 2 heterocycles. The van der Waals surface area contributed by atoms with Crippen LogP contribution >= 0.6 is 0 Å². The molecule has 4 unspecified atom stereocenters. The summed E-state index contributed by atoms with van der Waals surface area (Å²) in [5, 5.41) is 1.86. The Kier molecular flexibility index (Phi) is 5.34. The van der Waals surface area contributed by atoms with Gasteiger partial charge in [0.15, 0.2) is 0 Å². The van der Waals surface area contributed by atoms with Gasteiger partial charge in [0, 0.05) is 24.2 Å². The highest BCUT2D eigenvalue weighted by Crippen LogP contribution is 2.58. The third-order valence-electron chi connectivity index (χ3n) is 7.22. The van der Waals surface area contributed by atoms with Gasteiger partial charge < -0.3 is 10.2 Å². The predicted octanol–water partition coefficient (Wildman–Crippen LogP) is 3.53. The lowest BCUT2D eigenvalue weighted by Gasteiger charge is -2.41. The molecule has 1 aromatic rings. The van der Waals surface area contributed by atoms with Gasteiger partial charge in [-0.3, -0.25) is 9.90 Å². The van der Waals surface area contributed by atoms with Gasteiger partial charge >= 0.3 is 0 Å². The second-order valence-corrected chi connectivity index (χ2v) is 11.2. The third-order valence-corrected chi connectivity index (χ3v) is 8.48. The van der Waals surface area contributed by atoms with Crippen LogP contribution in [-0.2, 0) is 19.6 Å². The van der Waals surface area contributed by atoms with E-state index in [1.165, 1.54) is 5.57 Å². The van der Waals surface area contributed by atoms with E-state index in [1.807, 2.05) is 18.2 Å². The summed E-state index contributed by atoms with van der Waals surface area (Å²) in [4.78, 5) is 8.34. The number of ether oxygens (including phenoxy) is 1. The summed E-state index contributed by atoms with van der Waals surface area (Å²) in [5.74, 6) is 1.69. The molecule has 0 bridgehead atoms. The van der Waals surface area contributed by atoms with Crippen LogP contribution in [0.5, 0.6) is 0 Å². The van der Waals surface area contributed by atoms with Crippen LogP contribution in [0, 0.1) is 24.2 Å². The van der Waals surface area contributed by atoms with Gasteiger partial charge in [0.25, 0.3) is 10.0 Å². The van der Waals surface area contributed by atoms with Crippen molar-refractivity contribution in [3.05, 3.63) is 65.2 Å². The van der Waals surface area contributed by atoms with Gasteiger partial charge in [-0.2, -0.15) is 0 Å². The van der Waals surface area contributed by atoms with E-state index < -0.39 is 10.0 Å². The van der Waals surface area contributed by atoms with Crippen molar-refractivity contribution < 1.29 is 18.0 Å². The Morgan fingerprint density at radius 3 is 2.75 bits per heavy atom. The summed E-state index contributed by atoms with van der Waals surface area (Å²) in [7, 11) is -2.00. The molecule has 8 heteroatoms. The molecule has 1 saturated carbocycles. The average molecular weight is 458 g/mol. The molecule has 0 radical (unpaired) electrons. The summed E-state index contributed by atoms with van der Waals surface area (Å²) in [6, 6.07) is 6.80. The van der Waals surface area contributed by atoms with Crippen molar-refractivity contribution in [3.63, 3.8) is 0 Å². The quantitative estimate of drug-likeness (QED) is 0.659. The Morgan fingerprint density at radius 1 is 1.22 bits per heavy atom. The van der Waals surface area contributed by atoms with Gasteiger partial charge in [-0.1, -0.05) is 36.8 Å². The lowest BCUT2D eigenvalue weighted by atomic mass is 9.62. The number of hydrazine groups is 1. The van der Waals surface area contributed by atoms with Crippen LogP contribution in [0.15, 0.2) is 64.5 Å². The van der Waals surface area contributed by atoms with E-state index in [-0.39, 0.29) is 22.3 Å². The minimum Gasteiger partial charge on any atom is -0.493 e. The van der Waals surface area contributed by atoms with E-state index in [4.69, 9.17) is 9.57 Å². The molecule has 0 saturated heterocycles. The monoisotopic (exact) mass is 457 g/mol. The summed E-state index contributed by atoms with van der Waals surface area (Å²) in [6.07, 6.45) is 10.4. The Morgan fingerprint density at radius 2 is 2.00 bits per heavy atom. The number of hydrogen-bond donors (Lipinski definition) is 2. The number of benzene rings is 1. The first kappa shape index (κ1) is 21.6. The van der Waals surface area contributed by atoms with Crippen LogP contribution in [0.1, 0.15) is 38.2 Å². The summed E-state index contributed by atoms with van der Waals surface area (Å²) in [5.41, 5.74) is 6.01. The number of hydrogen-bond acceptors (Lipinski definition) is 6. The van der Waals surface area contributed by atoms with Gasteiger partial charge in [0.2, 0.25) is 0 Å². The standard InChI is InChI=1S/C24H31N3O4S/c1-16-4-7-20(8-5-16)32(28,29)26-25-19-12-18-15-27(30-3)11-10-24-14-17(2)6-9-22(24)31-21(13-19)23(18)24/h4-5,7-8,10-12,17-18,22,25-26H,6,9,13-15H2,1-3H3. The van der Waals surface area contributed by atoms with Gasteiger partial charge in [0.05, 0.1) is 24.0 Å². The van der Waals surface area contributed by atoms with Crippen LogP contribution in [0.25, 0.3) is 0 Å². The van der Waals surface area contributed by atoms with E-state index in [0.717, 1.165) is 36.3 Å². The lowest BCUT2D eigenvalue weighted by Crippen LogP contribution is -2.40. The van der Waals surface area contributed by atoms with Crippen molar-refractivity contribution in [1.29, 1.82) is 0 Å². The first-order chi connectivity index (χ1) is 15.3. The topological polar surface area (TPSA) is 79.9 Å². The van der Waals surface area contributed by atoms with E-state index in [1.54, 1.807) is 31.4 Å². The Bertz CT molecular complexity index is 1090. The molecule has 1 spiro atoms. The second-order valence-electron chi connectivity index (χ2n) is 9.49. The van der Waals surface area contributed by atoms with E-state index in [0.29, 0.717) is 18.9 Å². The van der Waals surface area contributed by atoms with Crippen molar-refractivity contribution >= 4 is 10.0 Å². The van der Waals surface area contributed by atoms with Gasteiger partial charge in [-0.05, 0) is 49.8 Å². The molecule has 1 fully saturated rings. The second kappa shape index (κ2) is 7.93. The minimum absolute atomic E-state index is 0.0791. The fourth-order valence-electron chi connectivity index (χ4n) is 5.70. The number of aryl methyl sites for hydroxylation is 1. The highest BCUT2D eigenvalue weighted by atomic mass is 32.2. The molecule has 7 nitrogen and oxygen atoms in total. The molecule has 5 rings (SSSR count). The summed E-state index contributed by atoms with van der Waals surface area (Å²) >= 11 is 0. The van der Waals surface area contributed by atoms with Crippen LogP contribution in [0.2, 0.25) is 0 Å². The lowest BCUT2D eigenvalue weighted by molar-refractivity contribution is -0.0909. The highest BCUT2D eigenvalue weighted by molar-refractivity contribution is 7.89. The third kappa shape index (κ3) is 3.64. The molecule has 4 atom stereocenters. The summed E-state index contributed by atoms with van der Waals surface area (Å²) < 4.78 is 32.0. The normalized spacial score (nSPS) is 31.4. The molecule has 4 aliphatic rings. The molecule has 0 amide bonds. The number of sulfonamides is 1. The summed E-state index contributed by atoms with van der Waals surface area (Å²) in [6.45, 7) is 4.91. The molecule has 1 aromatic carbocycles. The fourth-order valence-corrected chi connectivity index (χ4v) is 6.58. The van der Waals surface area contributed by atoms with E-state index in [9.17, 15) is 8.42 Å². The fraction of sp³-hybridized carbons (Fsp3) is 0.500.